The third-order valence-corrected chi connectivity index (χ3v) is 4.45. The van der Waals surface area contributed by atoms with Crippen molar-refractivity contribution in [2.24, 2.45) is 0 Å². The van der Waals surface area contributed by atoms with Gasteiger partial charge in [0.25, 0.3) is 0 Å². The second-order valence-electron chi connectivity index (χ2n) is 6.53. The van der Waals surface area contributed by atoms with Crippen LogP contribution in [0.1, 0.15) is 16.8 Å². The molecule has 0 saturated carbocycles. The average Bonchev–Trinajstić information content (AvgIpc) is 3.00. The van der Waals surface area contributed by atoms with Gasteiger partial charge in [-0.3, -0.25) is 0 Å². The van der Waals surface area contributed by atoms with Crippen LogP contribution in [0.2, 0.25) is 0 Å². The van der Waals surface area contributed by atoms with Crippen LogP contribution < -0.4 is 10.2 Å². The van der Waals surface area contributed by atoms with Gasteiger partial charge in [-0.2, -0.15) is 9.97 Å². The number of nitrogens with one attached hydrogen (secondary N) is 2. The lowest BCUT2D eigenvalue weighted by Crippen LogP contribution is -2.37. The highest BCUT2D eigenvalue weighted by Gasteiger charge is 2.17. The number of aromatic amines is 1. The SMILES string of the molecule is Cc1cccc(CNc2nc(N3CCOCC3)nc3[nH]c(C)cc23)c1. The number of anilines is 2. The van der Waals surface area contributed by atoms with Gasteiger partial charge in [0.2, 0.25) is 5.95 Å². The number of hydrogen-bond donors (Lipinski definition) is 2. The van der Waals surface area contributed by atoms with Gasteiger partial charge in [0.15, 0.2) is 0 Å². The molecule has 1 aliphatic heterocycles. The number of nitrogens with zero attached hydrogens (tertiary/aromatic N) is 3. The molecule has 0 spiro atoms. The lowest BCUT2D eigenvalue weighted by atomic mass is 10.1. The van der Waals surface area contributed by atoms with Crippen LogP contribution in [0.3, 0.4) is 0 Å². The van der Waals surface area contributed by atoms with Gasteiger partial charge in [0.05, 0.1) is 18.6 Å². The summed E-state index contributed by atoms with van der Waals surface area (Å²) in [6.07, 6.45) is 0. The maximum atomic E-state index is 5.44. The Morgan fingerprint density at radius 2 is 2.00 bits per heavy atom. The van der Waals surface area contributed by atoms with E-state index in [2.05, 4.69) is 52.5 Å². The van der Waals surface area contributed by atoms with Crippen LogP contribution in [0.4, 0.5) is 11.8 Å². The minimum absolute atomic E-state index is 0.719. The molecule has 130 valence electrons. The van der Waals surface area contributed by atoms with E-state index in [1.165, 1.54) is 11.1 Å². The van der Waals surface area contributed by atoms with Crippen molar-refractivity contribution in [2.45, 2.75) is 20.4 Å². The largest absolute Gasteiger partial charge is 0.378 e. The van der Waals surface area contributed by atoms with E-state index in [4.69, 9.17) is 14.7 Å². The Labute approximate surface area is 147 Å². The summed E-state index contributed by atoms with van der Waals surface area (Å²) >= 11 is 0. The molecule has 0 aliphatic carbocycles. The topological polar surface area (TPSA) is 66.1 Å². The number of ether oxygens (including phenoxy) is 1. The summed E-state index contributed by atoms with van der Waals surface area (Å²) in [5, 5.41) is 4.52. The van der Waals surface area contributed by atoms with E-state index in [0.29, 0.717) is 0 Å². The molecule has 6 nitrogen and oxygen atoms in total. The van der Waals surface area contributed by atoms with E-state index in [9.17, 15) is 0 Å². The van der Waals surface area contributed by atoms with Gasteiger partial charge in [-0.25, -0.2) is 0 Å². The zero-order chi connectivity index (χ0) is 17.2. The average molecular weight is 337 g/mol. The number of aryl methyl sites for hydroxylation is 2. The van der Waals surface area contributed by atoms with Gasteiger partial charge in [-0.05, 0) is 25.5 Å². The molecule has 25 heavy (non-hydrogen) atoms. The summed E-state index contributed by atoms with van der Waals surface area (Å²) in [5.41, 5.74) is 4.47. The lowest BCUT2D eigenvalue weighted by molar-refractivity contribution is 0.122. The number of morpholine rings is 1. The Kier molecular flexibility index (Phi) is 4.28. The van der Waals surface area contributed by atoms with E-state index in [-0.39, 0.29) is 0 Å². The Morgan fingerprint density at radius 3 is 2.80 bits per heavy atom. The van der Waals surface area contributed by atoms with Crippen LogP contribution in [-0.2, 0) is 11.3 Å². The van der Waals surface area contributed by atoms with E-state index >= 15 is 0 Å². The molecule has 1 fully saturated rings. The zero-order valence-corrected chi connectivity index (χ0v) is 14.7. The second-order valence-corrected chi connectivity index (χ2v) is 6.53. The molecule has 3 heterocycles. The van der Waals surface area contributed by atoms with E-state index < -0.39 is 0 Å². The van der Waals surface area contributed by atoms with E-state index in [0.717, 1.165) is 61.3 Å². The van der Waals surface area contributed by atoms with Crippen molar-refractivity contribution < 1.29 is 4.74 Å². The first kappa shape index (κ1) is 15.9. The van der Waals surface area contributed by atoms with Gasteiger partial charge < -0.3 is 19.9 Å². The van der Waals surface area contributed by atoms with Gasteiger partial charge in [-0.1, -0.05) is 29.8 Å². The monoisotopic (exact) mass is 337 g/mol. The molecule has 2 N–H and O–H groups in total. The molecule has 1 aliphatic rings. The third kappa shape index (κ3) is 3.44. The fraction of sp³-hybridized carbons (Fsp3) is 0.368. The summed E-state index contributed by atoms with van der Waals surface area (Å²) < 4.78 is 5.44. The fourth-order valence-electron chi connectivity index (χ4n) is 3.18. The minimum atomic E-state index is 0.719. The highest BCUT2D eigenvalue weighted by molar-refractivity contribution is 5.89. The van der Waals surface area contributed by atoms with Gasteiger partial charge in [0, 0.05) is 25.3 Å². The summed E-state index contributed by atoms with van der Waals surface area (Å²) in [4.78, 5) is 15.0. The highest BCUT2D eigenvalue weighted by atomic mass is 16.5. The first-order chi connectivity index (χ1) is 12.2. The molecular formula is C19H23N5O. The van der Waals surface area contributed by atoms with Crippen LogP contribution in [0, 0.1) is 13.8 Å². The predicted molar refractivity (Wildman–Crippen MR) is 100 cm³/mol. The molecule has 1 saturated heterocycles. The number of fused-ring (bicyclic) bond motifs is 1. The molecule has 0 amide bonds. The van der Waals surface area contributed by atoms with E-state index in [1.807, 2.05) is 6.92 Å². The standard InChI is InChI=1S/C19H23N5O/c1-13-4-3-5-15(10-13)12-20-17-16-11-14(2)21-18(16)23-19(22-17)24-6-8-25-9-7-24/h3-5,10-11H,6-9,12H2,1-2H3,(H2,20,21,22,23). The minimum Gasteiger partial charge on any atom is -0.378 e. The summed E-state index contributed by atoms with van der Waals surface area (Å²) in [6, 6.07) is 10.6. The molecule has 6 heteroatoms. The molecule has 0 atom stereocenters. The number of aromatic nitrogens is 3. The van der Waals surface area contributed by atoms with Crippen molar-refractivity contribution in [3.05, 3.63) is 47.2 Å². The quantitative estimate of drug-likeness (QED) is 0.766. The molecule has 0 radical (unpaired) electrons. The molecule has 0 unspecified atom stereocenters. The summed E-state index contributed by atoms with van der Waals surface area (Å²) in [7, 11) is 0. The Bertz CT molecular complexity index is 883. The second kappa shape index (κ2) is 6.72. The first-order valence-electron chi connectivity index (χ1n) is 8.68. The molecule has 3 aromatic rings. The van der Waals surface area contributed by atoms with Crippen molar-refractivity contribution in [1.29, 1.82) is 0 Å². The molecule has 4 rings (SSSR count). The van der Waals surface area contributed by atoms with Crippen molar-refractivity contribution in [3.63, 3.8) is 0 Å². The lowest BCUT2D eigenvalue weighted by Gasteiger charge is -2.27. The number of rotatable bonds is 4. The number of benzene rings is 1. The molecule has 1 aromatic carbocycles. The first-order valence-corrected chi connectivity index (χ1v) is 8.68. The molecule has 2 aromatic heterocycles. The molecular weight excluding hydrogens is 314 g/mol. The number of H-pyrrole nitrogens is 1. The summed E-state index contributed by atoms with van der Waals surface area (Å²) in [5.74, 6) is 1.63. The van der Waals surface area contributed by atoms with Crippen molar-refractivity contribution in [3.8, 4) is 0 Å². The van der Waals surface area contributed by atoms with Gasteiger partial charge >= 0.3 is 0 Å². The Balaban J connectivity index is 1.65. The Hall–Kier alpha value is -2.60. The smallest absolute Gasteiger partial charge is 0.229 e. The number of hydrogen-bond acceptors (Lipinski definition) is 5. The Morgan fingerprint density at radius 1 is 1.16 bits per heavy atom. The van der Waals surface area contributed by atoms with Crippen LogP contribution >= 0.6 is 0 Å². The maximum absolute atomic E-state index is 5.44. The molecule has 0 bridgehead atoms. The van der Waals surface area contributed by atoms with E-state index in [1.54, 1.807) is 0 Å². The third-order valence-electron chi connectivity index (χ3n) is 4.45. The summed E-state index contributed by atoms with van der Waals surface area (Å²) in [6.45, 7) is 7.97. The highest BCUT2D eigenvalue weighted by Crippen LogP contribution is 2.25. The van der Waals surface area contributed by atoms with Crippen LogP contribution in [0.25, 0.3) is 11.0 Å². The van der Waals surface area contributed by atoms with Crippen molar-refractivity contribution in [1.82, 2.24) is 15.0 Å². The van der Waals surface area contributed by atoms with Crippen molar-refractivity contribution in [2.75, 3.05) is 36.5 Å². The van der Waals surface area contributed by atoms with Crippen LogP contribution in [0.15, 0.2) is 30.3 Å². The van der Waals surface area contributed by atoms with Crippen LogP contribution in [0.5, 0.6) is 0 Å². The van der Waals surface area contributed by atoms with Gasteiger partial charge in [0.1, 0.15) is 11.5 Å². The maximum Gasteiger partial charge on any atom is 0.229 e. The van der Waals surface area contributed by atoms with Crippen molar-refractivity contribution >= 4 is 22.8 Å². The van der Waals surface area contributed by atoms with Crippen LogP contribution in [-0.4, -0.2) is 41.3 Å². The predicted octanol–water partition coefficient (Wildman–Crippen LogP) is 3.02. The normalized spacial score (nSPS) is 14.9. The van der Waals surface area contributed by atoms with Gasteiger partial charge in [-0.15, -0.1) is 0 Å². The zero-order valence-electron chi connectivity index (χ0n) is 14.7. The fourth-order valence-corrected chi connectivity index (χ4v) is 3.18.